The predicted octanol–water partition coefficient (Wildman–Crippen LogP) is 4.32. The molecule has 100 valence electrons. The van der Waals surface area contributed by atoms with E-state index in [1.165, 1.54) is 31.2 Å². The smallest absolute Gasteiger partial charge is 0.0656 e. The highest BCUT2D eigenvalue weighted by Crippen LogP contribution is 2.32. The number of benzene rings is 1. The van der Waals surface area contributed by atoms with Crippen LogP contribution in [0.2, 0.25) is 5.02 Å². The molecule has 2 unspecified atom stereocenters. The standard InChI is InChI=1S/C14H21ClN2S/c1-9-6-13(16)12(15)8-14(9)17-10-4-3-5-11(7-10)18-2/h6,8,10-11,17H,3-5,7,16H2,1-2H3. The van der Waals surface area contributed by atoms with Gasteiger partial charge in [-0.3, -0.25) is 0 Å². The van der Waals surface area contributed by atoms with Crippen LogP contribution in [0.5, 0.6) is 0 Å². The van der Waals surface area contributed by atoms with E-state index in [0.717, 1.165) is 10.9 Å². The van der Waals surface area contributed by atoms with Gasteiger partial charge in [0.05, 0.1) is 10.7 Å². The zero-order chi connectivity index (χ0) is 13.1. The second-order valence-corrected chi connectivity index (χ2v) is 6.60. The fourth-order valence-corrected chi connectivity index (χ4v) is 3.56. The lowest BCUT2D eigenvalue weighted by Gasteiger charge is -2.30. The van der Waals surface area contributed by atoms with E-state index in [2.05, 4.69) is 18.5 Å². The van der Waals surface area contributed by atoms with E-state index in [1.54, 1.807) is 0 Å². The summed E-state index contributed by atoms with van der Waals surface area (Å²) in [5, 5.41) is 5.06. The van der Waals surface area contributed by atoms with Crippen LogP contribution in [0.4, 0.5) is 11.4 Å². The number of nitrogens with two attached hydrogens (primary N) is 1. The molecule has 3 N–H and O–H groups in total. The van der Waals surface area contributed by atoms with Gasteiger partial charge in [-0.1, -0.05) is 18.0 Å². The summed E-state index contributed by atoms with van der Waals surface area (Å²) in [5.41, 5.74) is 8.76. The summed E-state index contributed by atoms with van der Waals surface area (Å²) in [5.74, 6) is 0. The number of aryl methyl sites for hydroxylation is 1. The molecule has 0 saturated heterocycles. The molecule has 0 heterocycles. The lowest BCUT2D eigenvalue weighted by atomic mass is 9.94. The molecule has 2 atom stereocenters. The van der Waals surface area contributed by atoms with Gasteiger partial charge >= 0.3 is 0 Å². The van der Waals surface area contributed by atoms with Crippen LogP contribution in [0.15, 0.2) is 12.1 Å². The van der Waals surface area contributed by atoms with Crippen LogP contribution >= 0.6 is 23.4 Å². The van der Waals surface area contributed by atoms with Crippen molar-refractivity contribution < 1.29 is 0 Å². The molecule has 2 rings (SSSR count). The Morgan fingerprint density at radius 2 is 2.17 bits per heavy atom. The Bertz CT molecular complexity index is 423. The van der Waals surface area contributed by atoms with Crippen LogP contribution in [0, 0.1) is 6.92 Å². The first-order valence-electron chi connectivity index (χ1n) is 6.45. The lowest BCUT2D eigenvalue weighted by molar-refractivity contribution is 0.473. The van der Waals surface area contributed by atoms with Crippen molar-refractivity contribution in [3.63, 3.8) is 0 Å². The molecule has 1 aromatic carbocycles. The molecule has 0 bridgehead atoms. The molecule has 1 aliphatic rings. The fraction of sp³-hybridized carbons (Fsp3) is 0.571. The maximum Gasteiger partial charge on any atom is 0.0656 e. The van der Waals surface area contributed by atoms with Crippen LogP contribution in [-0.4, -0.2) is 17.5 Å². The fourth-order valence-electron chi connectivity index (χ4n) is 2.57. The molecule has 1 saturated carbocycles. The second kappa shape index (κ2) is 6.07. The van der Waals surface area contributed by atoms with Gasteiger partial charge in [0.2, 0.25) is 0 Å². The highest BCUT2D eigenvalue weighted by molar-refractivity contribution is 7.99. The van der Waals surface area contributed by atoms with Gasteiger partial charge in [0.1, 0.15) is 0 Å². The number of anilines is 2. The number of rotatable bonds is 3. The molecule has 4 heteroatoms. The zero-order valence-electron chi connectivity index (χ0n) is 11.0. The topological polar surface area (TPSA) is 38.0 Å². The summed E-state index contributed by atoms with van der Waals surface area (Å²) in [6.45, 7) is 2.07. The highest BCUT2D eigenvalue weighted by atomic mass is 35.5. The Hall–Kier alpha value is -0.540. The van der Waals surface area contributed by atoms with Crippen molar-refractivity contribution in [2.75, 3.05) is 17.3 Å². The first-order chi connectivity index (χ1) is 8.60. The van der Waals surface area contributed by atoms with E-state index in [-0.39, 0.29) is 0 Å². The van der Waals surface area contributed by atoms with E-state index in [9.17, 15) is 0 Å². The predicted molar refractivity (Wildman–Crippen MR) is 83.8 cm³/mol. The van der Waals surface area contributed by atoms with Crippen molar-refractivity contribution in [2.24, 2.45) is 0 Å². The molecular formula is C14H21ClN2S. The van der Waals surface area contributed by atoms with Gasteiger partial charge in [-0.05, 0) is 50.1 Å². The van der Waals surface area contributed by atoms with Gasteiger partial charge in [-0.2, -0.15) is 11.8 Å². The van der Waals surface area contributed by atoms with Crippen molar-refractivity contribution in [1.82, 2.24) is 0 Å². The van der Waals surface area contributed by atoms with E-state index in [4.69, 9.17) is 17.3 Å². The molecule has 1 aliphatic carbocycles. The van der Waals surface area contributed by atoms with E-state index in [1.807, 2.05) is 23.9 Å². The molecule has 0 radical (unpaired) electrons. The third kappa shape index (κ3) is 3.27. The lowest BCUT2D eigenvalue weighted by Crippen LogP contribution is -2.28. The Labute approximate surface area is 119 Å². The minimum Gasteiger partial charge on any atom is -0.398 e. The summed E-state index contributed by atoms with van der Waals surface area (Å²) in [6.07, 6.45) is 7.35. The molecule has 0 aromatic heterocycles. The third-order valence-corrected chi connectivity index (χ3v) is 5.08. The van der Waals surface area contributed by atoms with Crippen LogP contribution in [0.1, 0.15) is 31.2 Å². The monoisotopic (exact) mass is 284 g/mol. The molecule has 0 aliphatic heterocycles. The zero-order valence-corrected chi connectivity index (χ0v) is 12.6. The maximum absolute atomic E-state index is 6.09. The summed E-state index contributed by atoms with van der Waals surface area (Å²) in [4.78, 5) is 0. The molecule has 1 fully saturated rings. The van der Waals surface area contributed by atoms with E-state index >= 15 is 0 Å². The summed E-state index contributed by atoms with van der Waals surface area (Å²) in [6, 6.07) is 4.46. The summed E-state index contributed by atoms with van der Waals surface area (Å²) < 4.78 is 0. The molecule has 0 spiro atoms. The van der Waals surface area contributed by atoms with E-state index < -0.39 is 0 Å². The Morgan fingerprint density at radius 1 is 1.39 bits per heavy atom. The SMILES string of the molecule is CSC1CCCC(Nc2cc(Cl)c(N)cc2C)C1. The van der Waals surface area contributed by atoms with Crippen molar-refractivity contribution in [1.29, 1.82) is 0 Å². The average Bonchev–Trinajstić information content (AvgIpc) is 2.36. The largest absolute Gasteiger partial charge is 0.398 e. The molecule has 0 amide bonds. The van der Waals surface area contributed by atoms with Crippen molar-refractivity contribution in [2.45, 2.75) is 43.9 Å². The Kier molecular flexibility index (Phi) is 4.68. The van der Waals surface area contributed by atoms with Crippen LogP contribution in [0.25, 0.3) is 0 Å². The van der Waals surface area contributed by atoms with Gasteiger partial charge in [-0.25, -0.2) is 0 Å². The number of hydrogen-bond acceptors (Lipinski definition) is 3. The number of hydrogen-bond donors (Lipinski definition) is 2. The van der Waals surface area contributed by atoms with Crippen molar-refractivity contribution >= 4 is 34.7 Å². The van der Waals surface area contributed by atoms with Crippen molar-refractivity contribution in [3.8, 4) is 0 Å². The normalized spacial score (nSPS) is 23.9. The number of nitrogen functional groups attached to an aromatic ring is 1. The summed E-state index contributed by atoms with van der Waals surface area (Å²) in [7, 11) is 0. The Balaban J connectivity index is 2.07. The third-order valence-electron chi connectivity index (χ3n) is 3.66. The number of nitrogens with one attached hydrogen (secondary N) is 1. The van der Waals surface area contributed by atoms with Crippen LogP contribution in [-0.2, 0) is 0 Å². The minimum absolute atomic E-state index is 0.564. The first kappa shape index (κ1) is 13.9. The molecular weight excluding hydrogens is 264 g/mol. The van der Waals surface area contributed by atoms with Gasteiger partial charge in [-0.15, -0.1) is 0 Å². The highest BCUT2D eigenvalue weighted by Gasteiger charge is 2.21. The van der Waals surface area contributed by atoms with Gasteiger partial charge in [0.15, 0.2) is 0 Å². The van der Waals surface area contributed by atoms with Gasteiger partial charge in [0, 0.05) is 17.0 Å². The minimum atomic E-state index is 0.564. The summed E-state index contributed by atoms with van der Waals surface area (Å²) >= 11 is 8.07. The van der Waals surface area contributed by atoms with Crippen LogP contribution < -0.4 is 11.1 Å². The quantitative estimate of drug-likeness (QED) is 0.812. The first-order valence-corrected chi connectivity index (χ1v) is 8.11. The molecule has 1 aromatic rings. The average molecular weight is 285 g/mol. The molecule has 18 heavy (non-hydrogen) atoms. The number of thioether (sulfide) groups is 1. The van der Waals surface area contributed by atoms with Crippen molar-refractivity contribution in [3.05, 3.63) is 22.7 Å². The second-order valence-electron chi connectivity index (χ2n) is 5.05. The van der Waals surface area contributed by atoms with E-state index in [0.29, 0.717) is 16.8 Å². The van der Waals surface area contributed by atoms with Gasteiger partial charge < -0.3 is 11.1 Å². The Morgan fingerprint density at radius 3 is 2.89 bits per heavy atom. The number of halogens is 1. The molecule has 2 nitrogen and oxygen atoms in total. The van der Waals surface area contributed by atoms with Gasteiger partial charge in [0.25, 0.3) is 0 Å². The van der Waals surface area contributed by atoms with Crippen LogP contribution in [0.3, 0.4) is 0 Å². The maximum atomic E-state index is 6.09.